The Morgan fingerprint density at radius 1 is 0.972 bits per heavy atom. The van der Waals surface area contributed by atoms with Gasteiger partial charge in [-0.2, -0.15) is 4.98 Å². The second-order valence-corrected chi connectivity index (χ2v) is 10.3. The molecule has 4 aromatic rings. The van der Waals surface area contributed by atoms with Gasteiger partial charge in [0.05, 0.1) is 22.0 Å². The molecular weight excluding hydrogens is 474 g/mol. The van der Waals surface area contributed by atoms with Gasteiger partial charge >= 0.3 is 5.97 Å². The molecule has 0 amide bonds. The molecule has 4 N–H and O–H groups in total. The molecule has 1 saturated carbocycles. The zero-order valence-electron chi connectivity index (χ0n) is 19.9. The fourth-order valence-corrected chi connectivity index (χ4v) is 5.40. The van der Waals surface area contributed by atoms with Gasteiger partial charge in [0, 0.05) is 24.9 Å². The third-order valence-electron chi connectivity index (χ3n) is 6.35. The largest absolute Gasteiger partial charge is 0.481 e. The monoisotopic (exact) mass is 503 g/mol. The zero-order valence-corrected chi connectivity index (χ0v) is 20.7. The van der Waals surface area contributed by atoms with Crippen molar-refractivity contribution in [3.05, 3.63) is 71.4 Å². The lowest BCUT2D eigenvalue weighted by Crippen LogP contribution is -2.29. The van der Waals surface area contributed by atoms with Gasteiger partial charge in [0.1, 0.15) is 5.82 Å². The summed E-state index contributed by atoms with van der Waals surface area (Å²) in [5.41, 5.74) is 3.91. The van der Waals surface area contributed by atoms with Crippen LogP contribution in [0.5, 0.6) is 0 Å². The van der Waals surface area contributed by atoms with Crippen LogP contribution in [-0.2, 0) is 17.6 Å². The third-order valence-corrected chi connectivity index (χ3v) is 7.29. The van der Waals surface area contributed by atoms with Crippen LogP contribution in [0.1, 0.15) is 48.9 Å². The minimum Gasteiger partial charge on any atom is -0.481 e. The first-order valence-corrected chi connectivity index (χ1v) is 13.1. The summed E-state index contributed by atoms with van der Waals surface area (Å²) in [6.45, 7) is 0. The fourth-order valence-electron chi connectivity index (χ4n) is 4.46. The number of aliphatic carboxylic acids is 1. The van der Waals surface area contributed by atoms with E-state index in [4.69, 9.17) is 20.1 Å². The van der Waals surface area contributed by atoms with Gasteiger partial charge in [0.2, 0.25) is 5.95 Å². The molecule has 5 rings (SSSR count). The Balaban J connectivity index is 1.38. The third kappa shape index (κ3) is 6.35. The summed E-state index contributed by atoms with van der Waals surface area (Å²) in [6, 6.07) is 18.3. The minimum atomic E-state index is -0.800. The van der Waals surface area contributed by atoms with Gasteiger partial charge in [0.15, 0.2) is 5.13 Å². The van der Waals surface area contributed by atoms with Crippen LogP contribution < -0.4 is 10.6 Å². The Labute approximate surface area is 213 Å². The Bertz CT molecular complexity index is 1340. The lowest BCUT2D eigenvalue weighted by molar-refractivity contribution is -0.136. The number of carboxylic acid groups (broad SMARTS) is 1. The number of hydrogen-bond donors (Lipinski definition) is 4. The van der Waals surface area contributed by atoms with Crippen molar-refractivity contribution in [3.8, 4) is 0 Å². The Morgan fingerprint density at radius 2 is 1.78 bits per heavy atom. The number of aliphatic hydroxyl groups is 1. The molecular formula is C27H29N5O3S. The molecule has 0 bridgehead atoms. The van der Waals surface area contributed by atoms with Gasteiger partial charge in [-0.15, -0.1) is 0 Å². The van der Waals surface area contributed by atoms with Crippen LogP contribution in [-0.4, -0.2) is 43.3 Å². The first-order valence-electron chi connectivity index (χ1n) is 12.2. The molecule has 8 nitrogen and oxygen atoms in total. The second kappa shape index (κ2) is 11.0. The van der Waals surface area contributed by atoms with Gasteiger partial charge in [-0.05, 0) is 55.4 Å². The van der Waals surface area contributed by atoms with E-state index in [2.05, 4.69) is 22.8 Å². The van der Waals surface area contributed by atoms with Gasteiger partial charge in [-0.1, -0.05) is 47.7 Å². The Morgan fingerprint density at radius 3 is 2.56 bits per heavy atom. The number of nitrogens with zero attached hydrogens (tertiary/aromatic N) is 3. The summed E-state index contributed by atoms with van der Waals surface area (Å²) in [5, 5.41) is 26.3. The van der Waals surface area contributed by atoms with Crippen LogP contribution in [0.25, 0.3) is 10.2 Å². The number of thiazole rings is 1. The number of benzene rings is 2. The summed E-state index contributed by atoms with van der Waals surface area (Å²) >= 11 is 1.51. The molecule has 1 aliphatic rings. The zero-order chi connectivity index (χ0) is 24.9. The molecule has 2 heterocycles. The van der Waals surface area contributed by atoms with E-state index in [0.29, 0.717) is 24.6 Å². The molecule has 0 spiro atoms. The van der Waals surface area contributed by atoms with E-state index in [1.165, 1.54) is 16.9 Å². The normalized spacial score (nSPS) is 17.7. The van der Waals surface area contributed by atoms with Crippen molar-refractivity contribution in [2.45, 2.75) is 57.1 Å². The van der Waals surface area contributed by atoms with E-state index in [-0.39, 0.29) is 18.6 Å². The van der Waals surface area contributed by atoms with Gasteiger partial charge in [0.25, 0.3) is 0 Å². The molecule has 2 aromatic heterocycles. The minimum absolute atomic E-state index is 0.107. The highest BCUT2D eigenvalue weighted by atomic mass is 32.1. The van der Waals surface area contributed by atoms with Gasteiger partial charge < -0.3 is 20.8 Å². The topological polar surface area (TPSA) is 120 Å². The van der Waals surface area contributed by atoms with Crippen LogP contribution in [0.15, 0.2) is 54.6 Å². The lowest BCUT2D eigenvalue weighted by atomic mass is 9.93. The molecule has 186 valence electrons. The average molecular weight is 504 g/mol. The van der Waals surface area contributed by atoms with E-state index in [0.717, 1.165) is 52.3 Å². The molecule has 2 aromatic carbocycles. The number of aryl methyl sites for hydroxylation is 1. The molecule has 0 atom stereocenters. The Hall–Kier alpha value is -3.56. The van der Waals surface area contributed by atoms with E-state index in [1.807, 2.05) is 42.5 Å². The van der Waals surface area contributed by atoms with Crippen molar-refractivity contribution in [1.82, 2.24) is 15.0 Å². The highest BCUT2D eigenvalue weighted by molar-refractivity contribution is 7.22. The molecule has 0 saturated heterocycles. The van der Waals surface area contributed by atoms with E-state index in [1.54, 1.807) is 0 Å². The van der Waals surface area contributed by atoms with Crippen LogP contribution in [0.2, 0.25) is 0 Å². The van der Waals surface area contributed by atoms with Crippen molar-refractivity contribution in [2.75, 3.05) is 10.6 Å². The van der Waals surface area contributed by atoms with E-state index < -0.39 is 5.97 Å². The maximum atomic E-state index is 10.9. The van der Waals surface area contributed by atoms with Crippen molar-refractivity contribution in [2.24, 2.45) is 0 Å². The summed E-state index contributed by atoms with van der Waals surface area (Å²) in [7, 11) is 0. The summed E-state index contributed by atoms with van der Waals surface area (Å²) < 4.78 is 0.998. The van der Waals surface area contributed by atoms with E-state index >= 15 is 0 Å². The quantitative estimate of drug-likeness (QED) is 0.247. The van der Waals surface area contributed by atoms with Crippen LogP contribution in [0, 0.1) is 0 Å². The predicted molar refractivity (Wildman–Crippen MR) is 142 cm³/mol. The first kappa shape index (κ1) is 24.1. The molecule has 36 heavy (non-hydrogen) atoms. The second-order valence-electron chi connectivity index (χ2n) is 9.22. The average Bonchev–Trinajstić information content (AvgIpc) is 3.26. The summed E-state index contributed by atoms with van der Waals surface area (Å²) in [6.07, 6.45) is 4.41. The van der Waals surface area contributed by atoms with Crippen LogP contribution in [0.3, 0.4) is 0 Å². The molecule has 1 fully saturated rings. The number of anilines is 3. The molecule has 0 unspecified atom stereocenters. The van der Waals surface area contributed by atoms with Crippen molar-refractivity contribution < 1.29 is 15.0 Å². The lowest BCUT2D eigenvalue weighted by Gasteiger charge is -2.26. The summed E-state index contributed by atoms with van der Waals surface area (Å²) in [5.74, 6) is 0.439. The van der Waals surface area contributed by atoms with Crippen molar-refractivity contribution in [3.63, 3.8) is 0 Å². The number of rotatable bonds is 9. The number of aromatic nitrogens is 3. The number of carbonyl (C=O) groups is 1. The highest BCUT2D eigenvalue weighted by Crippen LogP contribution is 2.30. The molecule has 0 aliphatic heterocycles. The molecule has 1 aliphatic carbocycles. The van der Waals surface area contributed by atoms with E-state index in [9.17, 15) is 9.90 Å². The molecule has 0 radical (unpaired) electrons. The predicted octanol–water partition coefficient (Wildman–Crippen LogP) is 5.15. The number of nitrogens with one attached hydrogen (secondary N) is 2. The van der Waals surface area contributed by atoms with Gasteiger partial charge in [-0.3, -0.25) is 4.79 Å². The Kier molecular flexibility index (Phi) is 7.39. The smallest absolute Gasteiger partial charge is 0.303 e. The molecule has 9 heteroatoms. The number of fused-ring (bicyclic) bond motifs is 1. The van der Waals surface area contributed by atoms with Gasteiger partial charge in [-0.25, -0.2) is 9.97 Å². The number of aliphatic hydroxyl groups excluding tert-OH is 1. The standard InChI is InChI=1S/C27H29N5O3S/c33-21-10-8-19(9-11-21)28-26-29-20(14-17-4-2-1-3-5-17)16-24(31-26)32-27-30-22-12-6-18(7-13-25(34)35)15-23(22)36-27/h1-6,12,15-16,19,21,33H,7-11,13-14H2,(H,34,35)(H2,28,29,30,31,32). The fraction of sp³-hybridized carbons (Fsp3) is 0.333. The maximum absolute atomic E-state index is 10.9. The van der Waals surface area contributed by atoms with Crippen LogP contribution in [0.4, 0.5) is 16.9 Å². The van der Waals surface area contributed by atoms with Crippen LogP contribution >= 0.6 is 11.3 Å². The summed E-state index contributed by atoms with van der Waals surface area (Å²) in [4.78, 5) is 25.1. The number of carboxylic acids is 1. The van der Waals surface area contributed by atoms with Crippen molar-refractivity contribution >= 4 is 44.4 Å². The SMILES string of the molecule is O=C(O)CCc1ccc2nc(Nc3cc(Cc4ccccc4)nc(NC4CCC(O)CC4)n3)sc2c1. The van der Waals surface area contributed by atoms with Crippen molar-refractivity contribution in [1.29, 1.82) is 0 Å². The highest BCUT2D eigenvalue weighted by Gasteiger charge is 2.20. The first-order chi connectivity index (χ1) is 17.5. The number of hydrogen-bond acceptors (Lipinski definition) is 8. The maximum Gasteiger partial charge on any atom is 0.303 e.